The molecule has 1 aliphatic rings. The zero-order valence-electron chi connectivity index (χ0n) is 11.4. The van der Waals surface area contributed by atoms with E-state index in [1.54, 1.807) is 6.26 Å². The van der Waals surface area contributed by atoms with Crippen LogP contribution in [0.15, 0.2) is 22.8 Å². The largest absolute Gasteiger partial charge is 0.468 e. The van der Waals surface area contributed by atoms with E-state index in [0.29, 0.717) is 6.04 Å². The molecule has 0 spiro atoms. The van der Waals surface area contributed by atoms with Gasteiger partial charge in [0.2, 0.25) is 0 Å². The molecule has 0 saturated carbocycles. The second kappa shape index (κ2) is 7.22. The summed E-state index contributed by atoms with van der Waals surface area (Å²) in [6, 6.07) is 4.56. The highest BCUT2D eigenvalue weighted by Gasteiger charge is 2.22. The molecule has 1 N–H and O–H groups in total. The van der Waals surface area contributed by atoms with Gasteiger partial charge in [0, 0.05) is 36.7 Å². The summed E-state index contributed by atoms with van der Waals surface area (Å²) in [5.41, 5.74) is 0. The summed E-state index contributed by atoms with van der Waals surface area (Å²) in [6.07, 6.45) is 3.02. The fourth-order valence-electron chi connectivity index (χ4n) is 2.34. The first-order valence-electron chi connectivity index (χ1n) is 6.88. The van der Waals surface area contributed by atoms with Crippen molar-refractivity contribution in [3.63, 3.8) is 0 Å². The first-order chi connectivity index (χ1) is 8.79. The molecule has 0 bridgehead atoms. The number of furan rings is 1. The maximum Gasteiger partial charge on any atom is 0.117 e. The Morgan fingerprint density at radius 2 is 2.50 bits per heavy atom. The molecule has 1 aromatic heterocycles. The van der Waals surface area contributed by atoms with E-state index in [-0.39, 0.29) is 0 Å². The summed E-state index contributed by atoms with van der Waals surface area (Å²) in [7, 11) is 0. The van der Waals surface area contributed by atoms with Gasteiger partial charge in [0.15, 0.2) is 0 Å². The number of hydrogen-bond donors (Lipinski definition) is 1. The van der Waals surface area contributed by atoms with Gasteiger partial charge in [0.1, 0.15) is 5.76 Å². The van der Waals surface area contributed by atoms with Crippen LogP contribution in [0.5, 0.6) is 0 Å². The number of rotatable bonds is 6. The highest BCUT2D eigenvalue weighted by atomic mass is 32.2. The summed E-state index contributed by atoms with van der Waals surface area (Å²) < 4.78 is 5.32. The van der Waals surface area contributed by atoms with Gasteiger partial charge in [-0.3, -0.25) is 4.90 Å². The van der Waals surface area contributed by atoms with Crippen molar-refractivity contribution in [1.29, 1.82) is 0 Å². The number of nitrogens with one attached hydrogen (secondary N) is 1. The molecule has 2 atom stereocenters. The van der Waals surface area contributed by atoms with Crippen molar-refractivity contribution >= 4 is 11.8 Å². The maximum absolute atomic E-state index is 5.32. The van der Waals surface area contributed by atoms with E-state index in [4.69, 9.17) is 4.42 Å². The van der Waals surface area contributed by atoms with Crippen molar-refractivity contribution in [1.82, 2.24) is 10.2 Å². The molecule has 1 aromatic rings. The number of nitrogens with zero attached hydrogens (tertiary/aromatic N) is 1. The minimum atomic E-state index is 0.606. The summed E-state index contributed by atoms with van der Waals surface area (Å²) in [6.45, 7) is 8.94. The molecule has 0 amide bonds. The molecular formula is C14H24N2OS. The van der Waals surface area contributed by atoms with Crippen molar-refractivity contribution in [2.24, 2.45) is 0 Å². The van der Waals surface area contributed by atoms with Crippen molar-refractivity contribution in [3.05, 3.63) is 24.2 Å². The monoisotopic (exact) mass is 268 g/mol. The third-order valence-corrected chi connectivity index (χ3v) is 4.94. The Labute approximate surface area is 114 Å². The molecule has 2 heterocycles. The molecule has 3 nitrogen and oxygen atoms in total. The van der Waals surface area contributed by atoms with Gasteiger partial charge in [-0.1, -0.05) is 6.92 Å². The van der Waals surface area contributed by atoms with Crippen molar-refractivity contribution in [2.45, 2.75) is 38.1 Å². The van der Waals surface area contributed by atoms with Crippen LogP contribution in [-0.4, -0.2) is 41.6 Å². The SMILES string of the molecule is CCC1CN(C(C)CNCc2ccco2)CCS1. The second-order valence-electron chi connectivity index (χ2n) is 4.96. The summed E-state index contributed by atoms with van der Waals surface area (Å²) in [5, 5.41) is 4.30. The third kappa shape index (κ3) is 4.04. The Morgan fingerprint density at radius 3 is 3.22 bits per heavy atom. The zero-order chi connectivity index (χ0) is 12.8. The molecule has 0 aromatic carbocycles. The Bertz CT molecular complexity index is 329. The van der Waals surface area contributed by atoms with Gasteiger partial charge in [-0.15, -0.1) is 0 Å². The second-order valence-corrected chi connectivity index (χ2v) is 6.36. The fraction of sp³-hybridized carbons (Fsp3) is 0.714. The van der Waals surface area contributed by atoms with Crippen molar-refractivity contribution < 1.29 is 4.42 Å². The Hall–Kier alpha value is -0.450. The molecule has 1 fully saturated rings. The van der Waals surface area contributed by atoms with E-state index in [9.17, 15) is 0 Å². The Kier molecular flexibility index (Phi) is 5.60. The maximum atomic E-state index is 5.32. The predicted molar refractivity (Wildman–Crippen MR) is 78.0 cm³/mol. The topological polar surface area (TPSA) is 28.4 Å². The molecule has 102 valence electrons. The van der Waals surface area contributed by atoms with Crippen LogP contribution in [-0.2, 0) is 6.54 Å². The highest BCUT2D eigenvalue weighted by molar-refractivity contribution is 8.00. The average Bonchev–Trinajstić information content (AvgIpc) is 2.92. The van der Waals surface area contributed by atoms with Crippen molar-refractivity contribution in [3.8, 4) is 0 Å². The fourth-order valence-corrected chi connectivity index (χ4v) is 3.54. The van der Waals surface area contributed by atoms with E-state index in [1.165, 1.54) is 25.3 Å². The molecule has 1 aliphatic heterocycles. The van der Waals surface area contributed by atoms with E-state index in [2.05, 4.69) is 35.8 Å². The molecular weight excluding hydrogens is 244 g/mol. The Balaban J connectivity index is 1.68. The third-order valence-electron chi connectivity index (χ3n) is 3.57. The van der Waals surface area contributed by atoms with Crippen LogP contribution in [0, 0.1) is 0 Å². The molecule has 1 saturated heterocycles. The van der Waals surface area contributed by atoms with Gasteiger partial charge in [-0.25, -0.2) is 0 Å². The number of thioether (sulfide) groups is 1. The van der Waals surface area contributed by atoms with Gasteiger partial charge >= 0.3 is 0 Å². The molecule has 0 aliphatic carbocycles. The predicted octanol–water partition coefficient (Wildman–Crippen LogP) is 2.59. The first kappa shape index (κ1) is 14.0. The first-order valence-corrected chi connectivity index (χ1v) is 7.93. The number of hydrogen-bond acceptors (Lipinski definition) is 4. The van der Waals surface area contributed by atoms with Crippen molar-refractivity contribution in [2.75, 3.05) is 25.4 Å². The summed E-state index contributed by atoms with van der Waals surface area (Å²) in [4.78, 5) is 2.61. The van der Waals surface area contributed by atoms with Gasteiger partial charge < -0.3 is 9.73 Å². The van der Waals surface area contributed by atoms with Gasteiger partial charge in [-0.2, -0.15) is 11.8 Å². The van der Waals surface area contributed by atoms with Crippen LogP contribution < -0.4 is 5.32 Å². The van der Waals surface area contributed by atoms with Crippen LogP contribution >= 0.6 is 11.8 Å². The average molecular weight is 268 g/mol. The lowest BCUT2D eigenvalue weighted by atomic mass is 10.2. The van der Waals surface area contributed by atoms with Crippen LogP contribution in [0.25, 0.3) is 0 Å². The van der Waals surface area contributed by atoms with Gasteiger partial charge in [0.25, 0.3) is 0 Å². The van der Waals surface area contributed by atoms with Crippen LogP contribution in [0.3, 0.4) is 0 Å². The molecule has 18 heavy (non-hydrogen) atoms. The smallest absolute Gasteiger partial charge is 0.117 e. The Morgan fingerprint density at radius 1 is 1.61 bits per heavy atom. The molecule has 0 radical (unpaired) electrons. The van der Waals surface area contributed by atoms with E-state index in [1.807, 2.05) is 12.1 Å². The minimum Gasteiger partial charge on any atom is -0.468 e. The lowest BCUT2D eigenvalue weighted by Crippen LogP contribution is -2.47. The summed E-state index contributed by atoms with van der Waals surface area (Å²) in [5.74, 6) is 2.30. The minimum absolute atomic E-state index is 0.606. The standard InChI is InChI=1S/C14H24N2OS/c1-3-14-11-16(6-8-18-14)12(2)9-15-10-13-5-4-7-17-13/h4-5,7,12,14-15H,3,6,8-11H2,1-2H3. The van der Waals surface area contributed by atoms with Gasteiger partial charge in [0.05, 0.1) is 12.8 Å². The van der Waals surface area contributed by atoms with Crippen LogP contribution in [0.2, 0.25) is 0 Å². The molecule has 2 unspecified atom stereocenters. The van der Waals surface area contributed by atoms with Crippen LogP contribution in [0.1, 0.15) is 26.0 Å². The quantitative estimate of drug-likeness (QED) is 0.858. The lowest BCUT2D eigenvalue weighted by Gasteiger charge is -2.36. The lowest BCUT2D eigenvalue weighted by molar-refractivity contribution is 0.209. The van der Waals surface area contributed by atoms with E-state index >= 15 is 0 Å². The molecule has 4 heteroatoms. The molecule has 2 rings (SSSR count). The normalized spacial score (nSPS) is 23.1. The zero-order valence-corrected chi connectivity index (χ0v) is 12.2. The van der Waals surface area contributed by atoms with E-state index in [0.717, 1.165) is 24.1 Å². The van der Waals surface area contributed by atoms with Gasteiger partial charge in [-0.05, 0) is 25.5 Å². The van der Waals surface area contributed by atoms with Crippen LogP contribution in [0.4, 0.5) is 0 Å². The van der Waals surface area contributed by atoms with E-state index < -0.39 is 0 Å². The summed E-state index contributed by atoms with van der Waals surface area (Å²) >= 11 is 2.13. The highest BCUT2D eigenvalue weighted by Crippen LogP contribution is 2.22.